The van der Waals surface area contributed by atoms with Crippen molar-refractivity contribution in [3.05, 3.63) is 60.2 Å². The quantitative estimate of drug-likeness (QED) is 0.625. The summed E-state index contributed by atoms with van der Waals surface area (Å²) in [5.74, 6) is 1.67. The van der Waals surface area contributed by atoms with Crippen molar-refractivity contribution in [2.75, 3.05) is 59.7 Å². The fourth-order valence-electron chi connectivity index (χ4n) is 3.31. The fraction of sp³-hybridized carbons (Fsp3) is 0.478. The van der Waals surface area contributed by atoms with Gasteiger partial charge < -0.3 is 19.3 Å². The number of nitrogens with zero attached hydrogens (tertiary/aromatic N) is 2. The van der Waals surface area contributed by atoms with Gasteiger partial charge in [-0.3, -0.25) is 9.80 Å². The van der Waals surface area contributed by atoms with Gasteiger partial charge in [0, 0.05) is 32.7 Å². The summed E-state index contributed by atoms with van der Waals surface area (Å²) in [6, 6.07) is 17.7. The first-order valence-corrected chi connectivity index (χ1v) is 10.3. The Hall–Kier alpha value is -2.12. The number of aliphatic hydroxyl groups excluding tert-OH is 1. The molecule has 1 saturated heterocycles. The topological polar surface area (TPSA) is 54.4 Å². The maximum Gasteiger partial charge on any atom is 0.119 e. The van der Waals surface area contributed by atoms with E-state index < -0.39 is 6.10 Å². The van der Waals surface area contributed by atoms with Crippen LogP contribution in [0.4, 0.5) is 0 Å². The molecule has 1 heterocycles. The smallest absolute Gasteiger partial charge is 0.119 e. The maximum atomic E-state index is 10.2. The van der Waals surface area contributed by atoms with E-state index in [1.54, 1.807) is 0 Å². The molecule has 3 rings (SSSR count). The molecule has 0 aliphatic carbocycles. The second-order valence-corrected chi connectivity index (χ2v) is 7.42. The molecule has 29 heavy (non-hydrogen) atoms. The molecule has 0 spiro atoms. The van der Waals surface area contributed by atoms with Gasteiger partial charge in [-0.05, 0) is 36.9 Å². The highest BCUT2D eigenvalue weighted by molar-refractivity contribution is 5.27. The number of aliphatic hydroxyl groups is 1. The highest BCUT2D eigenvalue weighted by atomic mass is 16.5. The van der Waals surface area contributed by atoms with Gasteiger partial charge in [-0.15, -0.1) is 0 Å². The third kappa shape index (κ3) is 8.03. The van der Waals surface area contributed by atoms with Crippen LogP contribution in [0.15, 0.2) is 54.6 Å². The van der Waals surface area contributed by atoms with Crippen molar-refractivity contribution in [1.82, 2.24) is 9.80 Å². The number of likely N-dealkylation sites (N-methyl/N-ethyl adjacent to an activating group) is 1. The van der Waals surface area contributed by atoms with E-state index in [2.05, 4.69) is 21.9 Å². The van der Waals surface area contributed by atoms with Crippen LogP contribution in [0.3, 0.4) is 0 Å². The molecule has 2 aromatic rings. The average molecular weight is 401 g/mol. The predicted octanol–water partition coefficient (Wildman–Crippen LogP) is 2.27. The van der Waals surface area contributed by atoms with Crippen LogP contribution in [0.2, 0.25) is 0 Å². The first-order chi connectivity index (χ1) is 14.2. The molecule has 1 aliphatic rings. The second kappa shape index (κ2) is 11.8. The summed E-state index contributed by atoms with van der Waals surface area (Å²) in [4.78, 5) is 4.45. The van der Waals surface area contributed by atoms with Crippen LogP contribution < -0.4 is 9.47 Å². The number of hydrogen-bond donors (Lipinski definition) is 1. The Balaban J connectivity index is 1.33. The Bertz CT molecular complexity index is 690. The van der Waals surface area contributed by atoms with E-state index in [1.165, 1.54) is 5.56 Å². The van der Waals surface area contributed by atoms with Gasteiger partial charge in [0.15, 0.2) is 0 Å². The molecule has 0 radical (unpaired) electrons. The van der Waals surface area contributed by atoms with Gasteiger partial charge in [-0.25, -0.2) is 0 Å². The van der Waals surface area contributed by atoms with Crippen molar-refractivity contribution >= 4 is 0 Å². The van der Waals surface area contributed by atoms with Crippen molar-refractivity contribution in [3.8, 4) is 11.5 Å². The highest BCUT2D eigenvalue weighted by Gasteiger charge is 2.11. The zero-order valence-electron chi connectivity index (χ0n) is 17.2. The van der Waals surface area contributed by atoms with Gasteiger partial charge in [0.1, 0.15) is 30.8 Å². The lowest BCUT2D eigenvalue weighted by Gasteiger charge is -2.26. The van der Waals surface area contributed by atoms with Crippen LogP contribution in [0.5, 0.6) is 11.5 Å². The number of ether oxygens (including phenoxy) is 3. The molecule has 158 valence electrons. The Kier molecular flexibility index (Phi) is 8.77. The van der Waals surface area contributed by atoms with Gasteiger partial charge >= 0.3 is 0 Å². The highest BCUT2D eigenvalue weighted by Crippen LogP contribution is 2.14. The van der Waals surface area contributed by atoms with E-state index >= 15 is 0 Å². The molecule has 6 nitrogen and oxygen atoms in total. The summed E-state index contributed by atoms with van der Waals surface area (Å²) < 4.78 is 16.8. The zero-order chi connectivity index (χ0) is 20.3. The van der Waals surface area contributed by atoms with Gasteiger partial charge in [-0.2, -0.15) is 0 Å². The summed E-state index contributed by atoms with van der Waals surface area (Å²) in [6.07, 6.45) is -0.539. The number of para-hydroxylation sites is 1. The number of hydrogen-bond acceptors (Lipinski definition) is 6. The Labute approximate surface area is 173 Å². The van der Waals surface area contributed by atoms with E-state index in [1.807, 2.05) is 49.5 Å². The summed E-state index contributed by atoms with van der Waals surface area (Å²) in [7, 11) is 2.00. The monoisotopic (exact) mass is 400 g/mol. The van der Waals surface area contributed by atoms with Gasteiger partial charge in [0.25, 0.3) is 0 Å². The molecule has 2 aromatic carbocycles. The first-order valence-electron chi connectivity index (χ1n) is 10.3. The van der Waals surface area contributed by atoms with E-state index in [-0.39, 0.29) is 6.61 Å². The van der Waals surface area contributed by atoms with Crippen LogP contribution in [0.1, 0.15) is 5.56 Å². The number of rotatable bonds is 11. The van der Waals surface area contributed by atoms with Gasteiger partial charge in [0.2, 0.25) is 0 Å². The molecule has 0 bridgehead atoms. The van der Waals surface area contributed by atoms with Crippen molar-refractivity contribution in [2.24, 2.45) is 0 Å². The third-order valence-corrected chi connectivity index (χ3v) is 4.86. The molecule has 0 aromatic heterocycles. The molecule has 1 N–H and O–H groups in total. The average Bonchev–Trinajstić information content (AvgIpc) is 2.75. The van der Waals surface area contributed by atoms with Crippen LogP contribution in [0.25, 0.3) is 0 Å². The molecule has 0 saturated carbocycles. The minimum Gasteiger partial charge on any atom is -0.492 e. The molecular formula is C23H32N2O4. The molecule has 0 unspecified atom stereocenters. The maximum absolute atomic E-state index is 10.2. The standard InChI is InChI=1S/C23H32N2O4/c1-24(18-21(26)19-29-22-5-3-2-4-6-22)17-20-7-9-23(10-8-20)28-16-13-25-11-14-27-15-12-25/h2-10,21,26H,11-19H2,1H3/t21-/m0/s1. The molecule has 6 heteroatoms. The second-order valence-electron chi connectivity index (χ2n) is 7.42. The van der Waals surface area contributed by atoms with Crippen molar-refractivity contribution in [1.29, 1.82) is 0 Å². The molecule has 0 amide bonds. The van der Waals surface area contributed by atoms with Crippen LogP contribution in [0, 0.1) is 0 Å². The minimum atomic E-state index is -0.539. The fourth-order valence-corrected chi connectivity index (χ4v) is 3.31. The predicted molar refractivity (Wildman–Crippen MR) is 113 cm³/mol. The molecular weight excluding hydrogens is 368 g/mol. The first kappa shape index (κ1) is 21.6. The molecule has 1 fully saturated rings. The van der Waals surface area contributed by atoms with E-state index in [4.69, 9.17) is 14.2 Å². The zero-order valence-corrected chi connectivity index (χ0v) is 17.2. The molecule has 1 atom stereocenters. The van der Waals surface area contributed by atoms with E-state index in [9.17, 15) is 5.11 Å². The largest absolute Gasteiger partial charge is 0.492 e. The van der Waals surface area contributed by atoms with Gasteiger partial charge in [-0.1, -0.05) is 30.3 Å². The summed E-state index contributed by atoms with van der Waals surface area (Å²) >= 11 is 0. The Morgan fingerprint density at radius 1 is 1.00 bits per heavy atom. The van der Waals surface area contributed by atoms with Crippen molar-refractivity contribution in [2.45, 2.75) is 12.6 Å². The van der Waals surface area contributed by atoms with Crippen molar-refractivity contribution < 1.29 is 19.3 Å². The Morgan fingerprint density at radius 3 is 2.41 bits per heavy atom. The van der Waals surface area contributed by atoms with E-state index in [0.717, 1.165) is 50.9 Å². The van der Waals surface area contributed by atoms with Gasteiger partial charge in [0.05, 0.1) is 13.2 Å². The number of morpholine rings is 1. The van der Waals surface area contributed by atoms with Crippen LogP contribution in [-0.2, 0) is 11.3 Å². The molecule has 1 aliphatic heterocycles. The lowest BCUT2D eigenvalue weighted by Crippen LogP contribution is -2.38. The lowest BCUT2D eigenvalue weighted by molar-refractivity contribution is 0.0322. The minimum absolute atomic E-state index is 0.282. The normalized spacial score (nSPS) is 16.0. The Morgan fingerprint density at radius 2 is 1.69 bits per heavy atom. The summed E-state index contributed by atoms with van der Waals surface area (Å²) in [5.41, 5.74) is 1.18. The van der Waals surface area contributed by atoms with Crippen molar-refractivity contribution in [3.63, 3.8) is 0 Å². The number of benzene rings is 2. The lowest BCUT2D eigenvalue weighted by atomic mass is 10.2. The summed E-state index contributed by atoms with van der Waals surface area (Å²) in [5, 5.41) is 10.2. The van der Waals surface area contributed by atoms with E-state index in [0.29, 0.717) is 13.2 Å². The summed E-state index contributed by atoms with van der Waals surface area (Å²) in [6.45, 7) is 6.80. The SMILES string of the molecule is CN(Cc1ccc(OCCN2CCOCC2)cc1)C[C@H](O)COc1ccccc1. The third-order valence-electron chi connectivity index (χ3n) is 4.86. The van der Waals surface area contributed by atoms with Crippen LogP contribution in [-0.4, -0.2) is 80.7 Å². The van der Waals surface area contributed by atoms with Crippen LogP contribution >= 0.6 is 0 Å².